The standard InChI is InChI=1S/C10H9ClFN3/c11-9-5-7(1-2-10(9)12)13-6-8-3-4-14-15-8/h1-5,13H,6H2,(H,14,15). The van der Waals surface area contributed by atoms with Crippen molar-refractivity contribution in [1.29, 1.82) is 0 Å². The molecule has 3 nitrogen and oxygen atoms in total. The summed E-state index contributed by atoms with van der Waals surface area (Å²) in [4.78, 5) is 0. The minimum atomic E-state index is -0.413. The Hall–Kier alpha value is -1.55. The summed E-state index contributed by atoms with van der Waals surface area (Å²) in [7, 11) is 0. The van der Waals surface area contributed by atoms with Crippen LogP contribution in [0.4, 0.5) is 10.1 Å². The van der Waals surface area contributed by atoms with Crippen LogP contribution in [0.15, 0.2) is 30.5 Å². The molecule has 1 heterocycles. The zero-order valence-electron chi connectivity index (χ0n) is 7.80. The van der Waals surface area contributed by atoms with E-state index in [4.69, 9.17) is 11.6 Å². The maximum absolute atomic E-state index is 12.8. The van der Waals surface area contributed by atoms with E-state index in [1.807, 2.05) is 6.07 Å². The lowest BCUT2D eigenvalue weighted by molar-refractivity contribution is 0.628. The Morgan fingerprint density at radius 2 is 2.27 bits per heavy atom. The Kier molecular flexibility index (Phi) is 2.87. The van der Waals surface area contributed by atoms with Gasteiger partial charge < -0.3 is 5.32 Å². The number of halogens is 2. The normalized spacial score (nSPS) is 10.3. The molecule has 0 atom stereocenters. The number of benzene rings is 1. The van der Waals surface area contributed by atoms with Gasteiger partial charge in [-0.2, -0.15) is 5.10 Å². The zero-order valence-corrected chi connectivity index (χ0v) is 8.55. The van der Waals surface area contributed by atoms with Crippen LogP contribution in [0.2, 0.25) is 5.02 Å². The molecule has 0 fully saturated rings. The Bertz CT molecular complexity index is 442. The summed E-state index contributed by atoms with van der Waals surface area (Å²) < 4.78 is 12.8. The second-order valence-electron chi connectivity index (χ2n) is 3.06. The average Bonchev–Trinajstić information content (AvgIpc) is 2.73. The number of anilines is 1. The van der Waals surface area contributed by atoms with Crippen molar-refractivity contribution in [3.8, 4) is 0 Å². The summed E-state index contributed by atoms with van der Waals surface area (Å²) in [6, 6.07) is 6.38. The number of H-pyrrole nitrogens is 1. The monoisotopic (exact) mass is 225 g/mol. The van der Waals surface area contributed by atoms with E-state index in [9.17, 15) is 4.39 Å². The highest BCUT2D eigenvalue weighted by atomic mass is 35.5. The fourth-order valence-electron chi connectivity index (χ4n) is 1.19. The lowest BCUT2D eigenvalue weighted by Crippen LogP contribution is -1.99. The molecule has 2 rings (SSSR count). The first-order valence-electron chi connectivity index (χ1n) is 4.43. The first-order chi connectivity index (χ1) is 7.25. The van der Waals surface area contributed by atoms with Crippen LogP contribution in [0.25, 0.3) is 0 Å². The molecule has 0 aliphatic heterocycles. The van der Waals surface area contributed by atoms with E-state index in [1.165, 1.54) is 6.07 Å². The lowest BCUT2D eigenvalue weighted by Gasteiger charge is -2.05. The highest BCUT2D eigenvalue weighted by Crippen LogP contribution is 2.19. The van der Waals surface area contributed by atoms with Crippen LogP contribution in [-0.4, -0.2) is 10.2 Å². The van der Waals surface area contributed by atoms with Crippen LogP contribution in [-0.2, 0) is 6.54 Å². The molecule has 0 saturated carbocycles. The van der Waals surface area contributed by atoms with Crippen LogP contribution in [0.5, 0.6) is 0 Å². The van der Waals surface area contributed by atoms with E-state index in [-0.39, 0.29) is 5.02 Å². The minimum absolute atomic E-state index is 0.115. The molecule has 0 aliphatic carbocycles. The van der Waals surface area contributed by atoms with E-state index < -0.39 is 5.82 Å². The maximum atomic E-state index is 12.8. The van der Waals surface area contributed by atoms with Gasteiger partial charge in [0.2, 0.25) is 0 Å². The predicted octanol–water partition coefficient (Wildman–Crippen LogP) is 2.81. The zero-order chi connectivity index (χ0) is 10.7. The van der Waals surface area contributed by atoms with Gasteiger partial charge in [-0.05, 0) is 24.3 Å². The van der Waals surface area contributed by atoms with Gasteiger partial charge in [0.05, 0.1) is 17.3 Å². The van der Waals surface area contributed by atoms with Crippen molar-refractivity contribution < 1.29 is 4.39 Å². The summed E-state index contributed by atoms with van der Waals surface area (Å²) >= 11 is 5.64. The summed E-state index contributed by atoms with van der Waals surface area (Å²) in [6.07, 6.45) is 1.68. The Balaban J connectivity index is 2.02. The van der Waals surface area contributed by atoms with Gasteiger partial charge in [0.15, 0.2) is 0 Å². The molecule has 2 aromatic rings. The smallest absolute Gasteiger partial charge is 0.141 e. The fourth-order valence-corrected chi connectivity index (χ4v) is 1.37. The van der Waals surface area contributed by atoms with Crippen molar-refractivity contribution in [3.63, 3.8) is 0 Å². The molecular weight excluding hydrogens is 217 g/mol. The summed E-state index contributed by atoms with van der Waals surface area (Å²) in [5.41, 5.74) is 1.73. The Morgan fingerprint density at radius 3 is 2.93 bits per heavy atom. The Morgan fingerprint density at radius 1 is 1.40 bits per heavy atom. The molecule has 0 saturated heterocycles. The molecule has 1 aromatic heterocycles. The number of hydrogen-bond donors (Lipinski definition) is 2. The molecule has 0 amide bonds. The average molecular weight is 226 g/mol. The van der Waals surface area contributed by atoms with Gasteiger partial charge in [-0.15, -0.1) is 0 Å². The SMILES string of the molecule is Fc1ccc(NCc2ccn[nH]2)cc1Cl. The molecule has 5 heteroatoms. The molecular formula is C10H9ClFN3. The molecule has 0 spiro atoms. The molecule has 0 radical (unpaired) electrons. The largest absolute Gasteiger partial charge is 0.379 e. The van der Waals surface area contributed by atoms with Crippen LogP contribution < -0.4 is 5.32 Å². The minimum Gasteiger partial charge on any atom is -0.379 e. The van der Waals surface area contributed by atoms with Gasteiger partial charge in [0.1, 0.15) is 5.82 Å². The van der Waals surface area contributed by atoms with Gasteiger partial charge in [-0.3, -0.25) is 5.10 Å². The third-order valence-electron chi connectivity index (χ3n) is 1.96. The summed E-state index contributed by atoms with van der Waals surface area (Å²) in [6.45, 7) is 0.599. The van der Waals surface area contributed by atoms with Crippen molar-refractivity contribution in [2.75, 3.05) is 5.32 Å². The van der Waals surface area contributed by atoms with Crippen molar-refractivity contribution in [1.82, 2.24) is 10.2 Å². The quantitative estimate of drug-likeness (QED) is 0.843. The second-order valence-corrected chi connectivity index (χ2v) is 3.47. The van der Waals surface area contributed by atoms with Crippen molar-refractivity contribution >= 4 is 17.3 Å². The topological polar surface area (TPSA) is 40.7 Å². The number of nitrogens with one attached hydrogen (secondary N) is 2. The molecule has 0 bridgehead atoms. The van der Waals surface area contributed by atoms with Crippen LogP contribution in [0.1, 0.15) is 5.69 Å². The van der Waals surface area contributed by atoms with Crippen molar-refractivity contribution in [2.45, 2.75) is 6.54 Å². The second kappa shape index (κ2) is 4.31. The van der Waals surface area contributed by atoms with E-state index in [0.717, 1.165) is 11.4 Å². The first-order valence-corrected chi connectivity index (χ1v) is 4.80. The van der Waals surface area contributed by atoms with Gasteiger partial charge in [-0.25, -0.2) is 4.39 Å². The van der Waals surface area contributed by atoms with E-state index >= 15 is 0 Å². The highest BCUT2D eigenvalue weighted by molar-refractivity contribution is 6.31. The summed E-state index contributed by atoms with van der Waals surface area (Å²) in [5, 5.41) is 9.84. The summed E-state index contributed by atoms with van der Waals surface area (Å²) in [5.74, 6) is -0.413. The molecule has 2 N–H and O–H groups in total. The van der Waals surface area contributed by atoms with Gasteiger partial charge >= 0.3 is 0 Å². The highest BCUT2D eigenvalue weighted by Gasteiger charge is 2.00. The number of aromatic nitrogens is 2. The van der Waals surface area contributed by atoms with Gasteiger partial charge in [0, 0.05) is 11.9 Å². The molecule has 78 valence electrons. The van der Waals surface area contributed by atoms with Gasteiger partial charge in [0.25, 0.3) is 0 Å². The van der Waals surface area contributed by atoms with E-state index in [2.05, 4.69) is 15.5 Å². The Labute approximate surface area is 91.3 Å². The third kappa shape index (κ3) is 2.47. The molecule has 15 heavy (non-hydrogen) atoms. The molecule has 0 aliphatic rings. The fraction of sp³-hybridized carbons (Fsp3) is 0.100. The number of hydrogen-bond acceptors (Lipinski definition) is 2. The van der Waals surface area contributed by atoms with Crippen molar-refractivity contribution in [3.05, 3.63) is 47.0 Å². The maximum Gasteiger partial charge on any atom is 0.141 e. The van der Waals surface area contributed by atoms with Crippen molar-refractivity contribution in [2.24, 2.45) is 0 Å². The van der Waals surface area contributed by atoms with Crippen LogP contribution in [0.3, 0.4) is 0 Å². The van der Waals surface area contributed by atoms with Crippen LogP contribution >= 0.6 is 11.6 Å². The van der Waals surface area contributed by atoms with Gasteiger partial charge in [-0.1, -0.05) is 11.6 Å². The molecule has 0 unspecified atom stereocenters. The number of nitrogens with zero attached hydrogens (tertiary/aromatic N) is 1. The lowest BCUT2D eigenvalue weighted by atomic mass is 10.3. The van der Waals surface area contributed by atoms with E-state index in [0.29, 0.717) is 6.54 Å². The third-order valence-corrected chi connectivity index (χ3v) is 2.25. The number of aromatic amines is 1. The predicted molar refractivity (Wildman–Crippen MR) is 57.3 cm³/mol. The molecule has 1 aromatic carbocycles. The number of rotatable bonds is 3. The first kappa shape index (κ1) is 9.98. The van der Waals surface area contributed by atoms with Crippen LogP contribution in [0, 0.1) is 5.82 Å². The van der Waals surface area contributed by atoms with E-state index in [1.54, 1.807) is 18.3 Å².